The molecule has 130 valence electrons. The van der Waals surface area contributed by atoms with E-state index in [1.807, 2.05) is 24.3 Å². The zero-order chi connectivity index (χ0) is 18.2. The number of Topliss-reactive ketones (excluding diaryl/α,β-unsaturated/α-hetero) is 1. The van der Waals surface area contributed by atoms with E-state index in [0.29, 0.717) is 22.2 Å². The Bertz CT molecular complexity index is 982. The van der Waals surface area contributed by atoms with Crippen molar-refractivity contribution >= 4 is 46.5 Å². The van der Waals surface area contributed by atoms with Gasteiger partial charge in [0.05, 0.1) is 23.4 Å². The van der Waals surface area contributed by atoms with E-state index in [4.69, 9.17) is 23.2 Å². The minimum atomic E-state index is -0.638. The van der Waals surface area contributed by atoms with Gasteiger partial charge in [-0.25, -0.2) is 4.90 Å². The van der Waals surface area contributed by atoms with Crippen LogP contribution in [0.15, 0.2) is 42.5 Å². The maximum Gasteiger partial charge on any atom is 0.238 e. The summed E-state index contributed by atoms with van der Waals surface area (Å²) in [5.74, 6) is -2.49. The lowest BCUT2D eigenvalue weighted by Gasteiger charge is -2.43. The number of fused-ring (bicyclic) bond motifs is 1. The number of ketones is 1. The zero-order valence-electron chi connectivity index (χ0n) is 13.5. The summed E-state index contributed by atoms with van der Waals surface area (Å²) in [4.78, 5) is 40.2. The molecule has 1 heterocycles. The monoisotopic (exact) mass is 385 g/mol. The van der Waals surface area contributed by atoms with Crippen LogP contribution in [0.2, 0.25) is 10.0 Å². The van der Waals surface area contributed by atoms with Crippen molar-refractivity contribution in [3.05, 3.63) is 63.6 Å². The molecule has 2 aromatic rings. The normalized spacial score (nSPS) is 29.2. The summed E-state index contributed by atoms with van der Waals surface area (Å²) in [6.07, 6.45) is 0.312. The average Bonchev–Trinajstić information content (AvgIpc) is 2.86. The van der Waals surface area contributed by atoms with Gasteiger partial charge in [0, 0.05) is 22.4 Å². The summed E-state index contributed by atoms with van der Waals surface area (Å²) in [7, 11) is 0. The topological polar surface area (TPSA) is 54.5 Å². The molecule has 2 amide bonds. The maximum absolute atomic E-state index is 13.2. The summed E-state index contributed by atoms with van der Waals surface area (Å²) in [6.45, 7) is 0. The SMILES string of the molecule is O=C1C[C@H]2c3ccccc3[C@@H]1[C@H]1C(=O)N(c3cc(Cl)cc(Cl)c3)C(=O)[C@H]12. The number of rotatable bonds is 1. The third-order valence-corrected chi connectivity index (χ3v) is 6.23. The van der Waals surface area contributed by atoms with Crippen molar-refractivity contribution in [2.75, 3.05) is 4.90 Å². The quantitative estimate of drug-likeness (QED) is 0.698. The molecule has 1 saturated carbocycles. The molecule has 0 spiro atoms. The number of amides is 2. The molecule has 0 radical (unpaired) electrons. The first kappa shape index (κ1) is 16.0. The fourth-order valence-corrected chi connectivity index (χ4v) is 5.40. The Labute approximate surface area is 159 Å². The lowest BCUT2D eigenvalue weighted by Crippen LogP contribution is -2.44. The predicted molar refractivity (Wildman–Crippen MR) is 97.5 cm³/mol. The molecule has 4 nitrogen and oxygen atoms in total. The van der Waals surface area contributed by atoms with Crippen molar-refractivity contribution in [3.63, 3.8) is 0 Å². The van der Waals surface area contributed by atoms with Crippen LogP contribution >= 0.6 is 23.2 Å². The molecule has 1 aliphatic heterocycles. The van der Waals surface area contributed by atoms with Gasteiger partial charge in [0.25, 0.3) is 0 Å². The fraction of sp³-hybridized carbons (Fsp3) is 0.250. The first-order valence-electron chi connectivity index (χ1n) is 8.43. The third-order valence-electron chi connectivity index (χ3n) is 5.79. The average molecular weight is 386 g/mol. The second-order valence-corrected chi connectivity index (χ2v) is 7.95. The molecule has 0 aromatic heterocycles. The molecule has 3 aliphatic carbocycles. The smallest absolute Gasteiger partial charge is 0.238 e. The van der Waals surface area contributed by atoms with E-state index in [2.05, 4.69) is 0 Å². The van der Waals surface area contributed by atoms with Crippen molar-refractivity contribution in [2.24, 2.45) is 11.8 Å². The summed E-state index contributed by atoms with van der Waals surface area (Å²) in [5.41, 5.74) is 2.27. The molecular formula is C20H13Cl2NO3. The first-order chi connectivity index (χ1) is 12.5. The number of imide groups is 1. The molecule has 0 N–H and O–H groups in total. The molecule has 6 rings (SSSR count). The molecule has 1 saturated heterocycles. The predicted octanol–water partition coefficient (Wildman–Crippen LogP) is 3.95. The van der Waals surface area contributed by atoms with Crippen LogP contribution in [0, 0.1) is 11.8 Å². The molecule has 26 heavy (non-hydrogen) atoms. The standard InChI is InChI=1S/C20H13Cl2NO3/c21-9-5-10(22)7-11(6-9)23-19(25)17-14-8-15(24)16(18(17)20(23)26)13-4-2-1-3-12(13)14/h1-7,14,16-18H,8H2/t14-,16-,17-,18+/m0/s1. The molecule has 2 bridgehead atoms. The fourth-order valence-electron chi connectivity index (χ4n) is 4.88. The zero-order valence-corrected chi connectivity index (χ0v) is 15.0. The molecule has 4 aliphatic rings. The number of carbonyl (C=O) groups excluding carboxylic acids is 3. The Morgan fingerprint density at radius 3 is 2.15 bits per heavy atom. The van der Waals surface area contributed by atoms with E-state index < -0.39 is 17.8 Å². The molecule has 2 fully saturated rings. The Morgan fingerprint density at radius 1 is 0.846 bits per heavy atom. The summed E-state index contributed by atoms with van der Waals surface area (Å²) in [5, 5.41) is 0.704. The number of nitrogens with zero attached hydrogens (tertiary/aromatic N) is 1. The van der Waals surface area contributed by atoms with E-state index in [9.17, 15) is 14.4 Å². The van der Waals surface area contributed by atoms with E-state index in [1.165, 1.54) is 0 Å². The second kappa shape index (κ2) is 5.41. The van der Waals surface area contributed by atoms with Crippen LogP contribution in [-0.4, -0.2) is 17.6 Å². The molecule has 0 unspecified atom stereocenters. The van der Waals surface area contributed by atoms with Gasteiger partial charge in [0.15, 0.2) is 0 Å². The number of hydrogen-bond donors (Lipinski definition) is 0. The van der Waals surface area contributed by atoms with Crippen molar-refractivity contribution in [1.29, 1.82) is 0 Å². The number of halogens is 2. The Hall–Kier alpha value is -2.17. The van der Waals surface area contributed by atoms with Gasteiger partial charge in [-0.05, 0) is 29.3 Å². The van der Waals surface area contributed by atoms with Gasteiger partial charge < -0.3 is 0 Å². The lowest BCUT2D eigenvalue weighted by molar-refractivity contribution is -0.134. The van der Waals surface area contributed by atoms with Crippen LogP contribution in [0.4, 0.5) is 5.69 Å². The number of carbonyl (C=O) groups is 3. The molecule has 6 heteroatoms. The summed E-state index contributed by atoms with van der Waals surface area (Å²) < 4.78 is 0. The Morgan fingerprint density at radius 2 is 1.46 bits per heavy atom. The van der Waals surface area contributed by atoms with E-state index in [-0.39, 0.29) is 23.5 Å². The lowest BCUT2D eigenvalue weighted by atomic mass is 9.56. The Balaban J connectivity index is 1.66. The van der Waals surface area contributed by atoms with Crippen LogP contribution in [0.5, 0.6) is 0 Å². The first-order valence-corrected chi connectivity index (χ1v) is 9.18. The van der Waals surface area contributed by atoms with E-state index in [1.54, 1.807) is 18.2 Å². The highest BCUT2D eigenvalue weighted by atomic mass is 35.5. The van der Waals surface area contributed by atoms with Gasteiger partial charge in [-0.3, -0.25) is 14.4 Å². The van der Waals surface area contributed by atoms with Gasteiger partial charge in [0.1, 0.15) is 5.78 Å². The number of hydrogen-bond acceptors (Lipinski definition) is 3. The van der Waals surface area contributed by atoms with Crippen LogP contribution in [-0.2, 0) is 14.4 Å². The summed E-state index contributed by atoms with van der Waals surface area (Å²) >= 11 is 12.1. The number of anilines is 1. The van der Waals surface area contributed by atoms with Crippen molar-refractivity contribution in [2.45, 2.75) is 18.3 Å². The minimum Gasteiger partial charge on any atom is -0.299 e. The molecule has 2 aromatic carbocycles. The highest BCUT2D eigenvalue weighted by molar-refractivity contribution is 6.36. The van der Waals surface area contributed by atoms with E-state index in [0.717, 1.165) is 16.0 Å². The van der Waals surface area contributed by atoms with Crippen molar-refractivity contribution in [3.8, 4) is 0 Å². The van der Waals surface area contributed by atoms with E-state index >= 15 is 0 Å². The van der Waals surface area contributed by atoms with Gasteiger partial charge in [-0.2, -0.15) is 0 Å². The molecular weight excluding hydrogens is 373 g/mol. The second-order valence-electron chi connectivity index (χ2n) is 7.07. The maximum atomic E-state index is 13.2. The van der Waals surface area contributed by atoms with Crippen molar-refractivity contribution in [1.82, 2.24) is 0 Å². The highest BCUT2D eigenvalue weighted by Gasteiger charge is 2.62. The van der Waals surface area contributed by atoms with Crippen LogP contribution < -0.4 is 4.90 Å². The van der Waals surface area contributed by atoms with Gasteiger partial charge in [-0.1, -0.05) is 47.5 Å². The number of benzene rings is 2. The van der Waals surface area contributed by atoms with Gasteiger partial charge in [0.2, 0.25) is 11.8 Å². The van der Waals surface area contributed by atoms with Gasteiger partial charge >= 0.3 is 0 Å². The van der Waals surface area contributed by atoms with Crippen LogP contribution in [0.25, 0.3) is 0 Å². The molecule has 4 atom stereocenters. The largest absolute Gasteiger partial charge is 0.299 e. The third kappa shape index (κ3) is 2.00. The van der Waals surface area contributed by atoms with Crippen LogP contribution in [0.1, 0.15) is 29.4 Å². The Kier molecular flexibility index (Phi) is 3.34. The highest BCUT2D eigenvalue weighted by Crippen LogP contribution is 2.57. The van der Waals surface area contributed by atoms with Crippen LogP contribution in [0.3, 0.4) is 0 Å². The minimum absolute atomic E-state index is 0.0436. The summed E-state index contributed by atoms with van der Waals surface area (Å²) in [6, 6.07) is 12.3. The van der Waals surface area contributed by atoms with Crippen molar-refractivity contribution < 1.29 is 14.4 Å². The van der Waals surface area contributed by atoms with Gasteiger partial charge in [-0.15, -0.1) is 0 Å².